The highest BCUT2D eigenvalue weighted by molar-refractivity contribution is 9.10. The number of pyridine rings is 1. The Balaban J connectivity index is 2.47. The number of carbonyl (C=O) groups excluding carboxylic acids is 2. The Hall–Kier alpha value is -1.47. The van der Waals surface area contributed by atoms with E-state index < -0.39 is 11.8 Å². The van der Waals surface area contributed by atoms with Crippen molar-refractivity contribution in [3.05, 3.63) is 28.5 Å². The molecule has 0 atom stereocenters. The van der Waals surface area contributed by atoms with Crippen molar-refractivity contribution in [1.29, 1.82) is 0 Å². The number of nitrogens with one attached hydrogen (secondary N) is 2. The SMILES string of the molecule is COCC(=O)NNC(=O)c1ccc(Br)cn1. The Morgan fingerprint density at radius 2 is 2.19 bits per heavy atom. The zero-order valence-electron chi connectivity index (χ0n) is 8.49. The number of aromatic nitrogens is 1. The maximum atomic E-state index is 11.4. The van der Waals surface area contributed by atoms with Crippen LogP contribution in [0.4, 0.5) is 0 Å². The summed E-state index contributed by atoms with van der Waals surface area (Å²) in [7, 11) is 1.39. The molecule has 2 N–H and O–H groups in total. The first-order valence-corrected chi connectivity index (χ1v) is 5.12. The van der Waals surface area contributed by atoms with Crippen LogP contribution in [0, 0.1) is 0 Å². The molecule has 0 unspecified atom stereocenters. The third kappa shape index (κ3) is 3.95. The first-order valence-electron chi connectivity index (χ1n) is 4.33. The van der Waals surface area contributed by atoms with Crippen molar-refractivity contribution in [1.82, 2.24) is 15.8 Å². The van der Waals surface area contributed by atoms with Crippen LogP contribution < -0.4 is 10.9 Å². The standard InChI is InChI=1S/C9H10BrN3O3/c1-16-5-8(14)12-13-9(15)7-3-2-6(10)4-11-7/h2-4H,5H2,1H3,(H,12,14)(H,13,15). The molecular formula is C9H10BrN3O3. The third-order valence-corrected chi connectivity index (χ3v) is 2.02. The molecule has 1 rings (SSSR count). The lowest BCUT2D eigenvalue weighted by Gasteiger charge is -2.05. The lowest BCUT2D eigenvalue weighted by molar-refractivity contribution is -0.125. The van der Waals surface area contributed by atoms with E-state index in [2.05, 4.69) is 36.5 Å². The van der Waals surface area contributed by atoms with Crippen molar-refractivity contribution in [2.24, 2.45) is 0 Å². The Bertz CT molecular complexity index is 380. The van der Waals surface area contributed by atoms with Crippen molar-refractivity contribution in [3.8, 4) is 0 Å². The van der Waals surface area contributed by atoms with Crippen LogP contribution in [0.3, 0.4) is 0 Å². The zero-order chi connectivity index (χ0) is 12.0. The number of nitrogens with zero attached hydrogens (tertiary/aromatic N) is 1. The van der Waals surface area contributed by atoms with Crippen molar-refractivity contribution >= 4 is 27.7 Å². The molecule has 6 nitrogen and oxygen atoms in total. The van der Waals surface area contributed by atoms with E-state index in [4.69, 9.17) is 0 Å². The molecule has 2 amide bonds. The second-order valence-electron chi connectivity index (χ2n) is 2.80. The number of hydrogen-bond donors (Lipinski definition) is 2. The fourth-order valence-corrected chi connectivity index (χ4v) is 1.10. The maximum absolute atomic E-state index is 11.4. The number of carbonyl (C=O) groups is 2. The Labute approximate surface area is 100 Å². The minimum atomic E-state index is -0.489. The van der Waals surface area contributed by atoms with Crippen LogP contribution in [-0.4, -0.2) is 30.5 Å². The highest BCUT2D eigenvalue weighted by Gasteiger charge is 2.07. The number of hydrazine groups is 1. The molecular weight excluding hydrogens is 278 g/mol. The number of rotatable bonds is 3. The highest BCUT2D eigenvalue weighted by atomic mass is 79.9. The van der Waals surface area contributed by atoms with Crippen LogP contribution in [0.1, 0.15) is 10.5 Å². The van der Waals surface area contributed by atoms with Crippen molar-refractivity contribution < 1.29 is 14.3 Å². The first-order chi connectivity index (χ1) is 7.63. The van der Waals surface area contributed by atoms with E-state index in [1.807, 2.05) is 0 Å². The van der Waals surface area contributed by atoms with Gasteiger partial charge < -0.3 is 4.74 Å². The van der Waals surface area contributed by atoms with Gasteiger partial charge in [0.1, 0.15) is 12.3 Å². The summed E-state index contributed by atoms with van der Waals surface area (Å²) in [5, 5.41) is 0. The molecule has 0 saturated carbocycles. The minimum Gasteiger partial charge on any atom is -0.375 e. The number of ether oxygens (including phenoxy) is 1. The van der Waals surface area contributed by atoms with Gasteiger partial charge in [0, 0.05) is 17.8 Å². The van der Waals surface area contributed by atoms with Crippen LogP contribution in [0.5, 0.6) is 0 Å². The monoisotopic (exact) mass is 287 g/mol. The molecule has 0 aromatic carbocycles. The number of hydrogen-bond acceptors (Lipinski definition) is 4. The lowest BCUT2D eigenvalue weighted by atomic mass is 10.3. The summed E-state index contributed by atoms with van der Waals surface area (Å²) in [5.74, 6) is -0.926. The van der Waals surface area contributed by atoms with Crippen molar-refractivity contribution in [2.45, 2.75) is 0 Å². The molecule has 1 aromatic rings. The molecule has 0 saturated heterocycles. The van der Waals surface area contributed by atoms with Crippen LogP contribution in [0.25, 0.3) is 0 Å². The van der Waals surface area contributed by atoms with Gasteiger partial charge in [0.05, 0.1) is 0 Å². The van der Waals surface area contributed by atoms with Crippen molar-refractivity contribution in [3.63, 3.8) is 0 Å². The van der Waals surface area contributed by atoms with E-state index >= 15 is 0 Å². The van der Waals surface area contributed by atoms with E-state index in [0.717, 1.165) is 4.47 Å². The molecule has 0 spiro atoms. The van der Waals surface area contributed by atoms with E-state index in [1.54, 1.807) is 6.07 Å². The van der Waals surface area contributed by atoms with Gasteiger partial charge in [-0.25, -0.2) is 4.98 Å². The number of amides is 2. The Morgan fingerprint density at radius 3 is 2.75 bits per heavy atom. The number of halogens is 1. The average molecular weight is 288 g/mol. The quantitative estimate of drug-likeness (QED) is 0.781. The Morgan fingerprint density at radius 1 is 1.44 bits per heavy atom. The molecule has 16 heavy (non-hydrogen) atoms. The Kier molecular flexibility index (Phi) is 4.87. The minimum absolute atomic E-state index is 0.117. The lowest BCUT2D eigenvalue weighted by Crippen LogP contribution is -2.43. The van der Waals surface area contributed by atoms with Gasteiger partial charge in [-0.05, 0) is 28.1 Å². The van der Waals surface area contributed by atoms with Gasteiger partial charge in [0.2, 0.25) is 0 Å². The summed E-state index contributed by atoms with van der Waals surface area (Å²) < 4.78 is 5.34. The predicted octanol–water partition coefficient (Wildman–Crippen LogP) is 0.252. The summed E-state index contributed by atoms with van der Waals surface area (Å²) in [5.41, 5.74) is 4.60. The molecule has 0 aliphatic heterocycles. The molecule has 0 radical (unpaired) electrons. The normalized spacial score (nSPS) is 9.62. The smallest absolute Gasteiger partial charge is 0.288 e. The van der Waals surface area contributed by atoms with Crippen LogP contribution in [-0.2, 0) is 9.53 Å². The van der Waals surface area contributed by atoms with Gasteiger partial charge in [0.15, 0.2) is 0 Å². The van der Waals surface area contributed by atoms with Crippen LogP contribution >= 0.6 is 15.9 Å². The van der Waals surface area contributed by atoms with Gasteiger partial charge in [0.25, 0.3) is 11.8 Å². The summed E-state index contributed by atoms with van der Waals surface area (Å²) in [6, 6.07) is 3.21. The summed E-state index contributed by atoms with van der Waals surface area (Å²) in [6.07, 6.45) is 1.49. The molecule has 0 bridgehead atoms. The van der Waals surface area contributed by atoms with Gasteiger partial charge in [-0.15, -0.1) is 0 Å². The largest absolute Gasteiger partial charge is 0.375 e. The van der Waals surface area contributed by atoms with Gasteiger partial charge in [-0.1, -0.05) is 0 Å². The van der Waals surface area contributed by atoms with Crippen LogP contribution in [0.15, 0.2) is 22.8 Å². The van der Waals surface area contributed by atoms with Crippen LogP contribution in [0.2, 0.25) is 0 Å². The molecule has 0 aliphatic carbocycles. The zero-order valence-corrected chi connectivity index (χ0v) is 10.1. The maximum Gasteiger partial charge on any atom is 0.288 e. The summed E-state index contributed by atoms with van der Waals surface area (Å²) in [4.78, 5) is 26.2. The van der Waals surface area contributed by atoms with E-state index in [0.29, 0.717) is 0 Å². The molecule has 1 heterocycles. The van der Waals surface area contributed by atoms with E-state index in [1.165, 1.54) is 19.4 Å². The second-order valence-corrected chi connectivity index (χ2v) is 3.71. The van der Waals surface area contributed by atoms with E-state index in [-0.39, 0.29) is 12.3 Å². The third-order valence-electron chi connectivity index (χ3n) is 1.55. The molecule has 86 valence electrons. The summed E-state index contributed by atoms with van der Waals surface area (Å²) in [6.45, 7) is -0.117. The van der Waals surface area contributed by atoms with Gasteiger partial charge in [-0.2, -0.15) is 0 Å². The van der Waals surface area contributed by atoms with E-state index in [9.17, 15) is 9.59 Å². The molecule has 0 aliphatic rings. The molecule has 7 heteroatoms. The number of methoxy groups -OCH3 is 1. The fourth-order valence-electron chi connectivity index (χ4n) is 0.868. The molecule has 0 fully saturated rings. The predicted molar refractivity (Wildman–Crippen MR) is 59.4 cm³/mol. The summed E-state index contributed by atoms with van der Waals surface area (Å²) >= 11 is 3.20. The topological polar surface area (TPSA) is 80.3 Å². The second kappa shape index (κ2) is 6.19. The molecule has 1 aromatic heterocycles. The van der Waals surface area contributed by atoms with Gasteiger partial charge >= 0.3 is 0 Å². The fraction of sp³-hybridized carbons (Fsp3) is 0.222. The average Bonchev–Trinajstić information content (AvgIpc) is 2.27. The van der Waals surface area contributed by atoms with Crippen molar-refractivity contribution in [2.75, 3.05) is 13.7 Å². The highest BCUT2D eigenvalue weighted by Crippen LogP contribution is 2.06. The first kappa shape index (κ1) is 12.6. The van der Waals surface area contributed by atoms with Gasteiger partial charge in [-0.3, -0.25) is 20.4 Å².